The first-order chi connectivity index (χ1) is 9.47. The van der Waals surface area contributed by atoms with Gasteiger partial charge in [-0.15, -0.1) is 0 Å². The molecule has 1 aromatic rings. The van der Waals surface area contributed by atoms with Gasteiger partial charge in [-0.1, -0.05) is 12.1 Å². The van der Waals surface area contributed by atoms with Crippen molar-refractivity contribution in [2.75, 3.05) is 27.2 Å². The van der Waals surface area contributed by atoms with Crippen LogP contribution in [0.25, 0.3) is 0 Å². The van der Waals surface area contributed by atoms with Crippen LogP contribution in [-0.2, 0) is 6.54 Å². The topological polar surface area (TPSA) is 56.4 Å². The fraction of sp³-hybridized carbons (Fsp3) is 0.533. The van der Waals surface area contributed by atoms with Crippen LogP contribution in [0.2, 0.25) is 0 Å². The maximum absolute atomic E-state index is 14.0. The molecular weight excluding hydrogens is 255 g/mol. The number of likely N-dealkylation sites (tertiary alicyclic amines) is 1. The molecule has 0 amide bonds. The van der Waals surface area contributed by atoms with Gasteiger partial charge in [0.1, 0.15) is 11.7 Å². The molecule has 110 valence electrons. The number of nitrogen functional groups attached to an aromatic ring is 1. The van der Waals surface area contributed by atoms with Crippen molar-refractivity contribution in [1.29, 1.82) is 5.41 Å². The molecule has 1 aliphatic rings. The van der Waals surface area contributed by atoms with Gasteiger partial charge in [0.25, 0.3) is 0 Å². The summed E-state index contributed by atoms with van der Waals surface area (Å²) in [4.78, 5) is 4.55. The van der Waals surface area contributed by atoms with E-state index in [1.165, 1.54) is 6.07 Å². The maximum Gasteiger partial charge on any atom is 0.128 e. The Labute approximate surface area is 119 Å². The molecule has 0 aromatic heterocycles. The molecule has 1 aromatic carbocycles. The minimum atomic E-state index is -0.271. The van der Waals surface area contributed by atoms with Gasteiger partial charge in [0.2, 0.25) is 0 Å². The first-order valence-electron chi connectivity index (χ1n) is 6.99. The Hall–Kier alpha value is -1.46. The molecule has 2 rings (SSSR count). The first kappa shape index (κ1) is 14.9. The van der Waals surface area contributed by atoms with Crippen LogP contribution in [-0.4, -0.2) is 48.9 Å². The lowest BCUT2D eigenvalue weighted by Crippen LogP contribution is -2.41. The summed E-state index contributed by atoms with van der Waals surface area (Å²) in [5, 5.41) is 7.31. The predicted octanol–water partition coefficient (Wildman–Crippen LogP) is 1.64. The number of halogens is 1. The molecule has 0 atom stereocenters. The van der Waals surface area contributed by atoms with Crippen molar-refractivity contribution in [2.45, 2.75) is 25.4 Å². The minimum absolute atomic E-state index is 0.0951. The van der Waals surface area contributed by atoms with Gasteiger partial charge in [-0.3, -0.25) is 10.3 Å². The highest BCUT2D eigenvalue weighted by molar-refractivity contribution is 5.94. The van der Waals surface area contributed by atoms with Crippen molar-refractivity contribution >= 4 is 5.84 Å². The second kappa shape index (κ2) is 6.33. The molecule has 0 spiro atoms. The molecule has 0 radical (unpaired) electrons. The Balaban J connectivity index is 1.96. The maximum atomic E-state index is 14.0. The lowest BCUT2D eigenvalue weighted by atomic mass is 10.0. The van der Waals surface area contributed by atoms with Crippen LogP contribution in [0.5, 0.6) is 0 Å². The number of hydrogen-bond donors (Lipinski definition) is 2. The lowest BCUT2D eigenvalue weighted by Gasteiger charge is -2.35. The van der Waals surface area contributed by atoms with E-state index in [-0.39, 0.29) is 11.7 Å². The lowest BCUT2D eigenvalue weighted by molar-refractivity contribution is 0.139. The summed E-state index contributed by atoms with van der Waals surface area (Å²) in [6.45, 7) is 2.62. The number of nitrogens with one attached hydrogen (secondary N) is 1. The number of nitrogens with two attached hydrogens (primary N) is 1. The molecule has 0 bridgehead atoms. The van der Waals surface area contributed by atoms with Gasteiger partial charge >= 0.3 is 0 Å². The molecule has 1 saturated heterocycles. The van der Waals surface area contributed by atoms with E-state index in [1.807, 2.05) is 0 Å². The van der Waals surface area contributed by atoms with E-state index in [2.05, 4.69) is 23.9 Å². The Morgan fingerprint density at radius 1 is 1.40 bits per heavy atom. The van der Waals surface area contributed by atoms with Crippen LogP contribution in [0.15, 0.2) is 18.2 Å². The van der Waals surface area contributed by atoms with Gasteiger partial charge in [0.05, 0.1) is 0 Å². The number of rotatable bonds is 4. The Morgan fingerprint density at radius 3 is 2.55 bits per heavy atom. The zero-order valence-electron chi connectivity index (χ0n) is 12.2. The summed E-state index contributed by atoms with van der Waals surface area (Å²) < 4.78 is 14.0. The fourth-order valence-corrected chi connectivity index (χ4v) is 2.68. The van der Waals surface area contributed by atoms with Crippen molar-refractivity contribution in [1.82, 2.24) is 9.80 Å². The average molecular weight is 278 g/mol. The molecule has 5 heteroatoms. The summed E-state index contributed by atoms with van der Waals surface area (Å²) in [6.07, 6.45) is 2.25. The average Bonchev–Trinajstić information content (AvgIpc) is 2.41. The van der Waals surface area contributed by atoms with Crippen LogP contribution in [0, 0.1) is 11.2 Å². The highest BCUT2D eigenvalue weighted by Crippen LogP contribution is 2.18. The van der Waals surface area contributed by atoms with Gasteiger partial charge in [0.15, 0.2) is 0 Å². The van der Waals surface area contributed by atoms with E-state index in [0.717, 1.165) is 25.9 Å². The molecule has 1 heterocycles. The van der Waals surface area contributed by atoms with Gasteiger partial charge in [0, 0.05) is 23.7 Å². The highest BCUT2D eigenvalue weighted by Gasteiger charge is 2.21. The van der Waals surface area contributed by atoms with E-state index in [4.69, 9.17) is 11.1 Å². The van der Waals surface area contributed by atoms with Crippen molar-refractivity contribution in [3.05, 3.63) is 35.1 Å². The van der Waals surface area contributed by atoms with Crippen LogP contribution in [0.1, 0.15) is 24.0 Å². The van der Waals surface area contributed by atoms with E-state index >= 15 is 0 Å². The van der Waals surface area contributed by atoms with E-state index in [9.17, 15) is 4.39 Å². The van der Waals surface area contributed by atoms with Crippen LogP contribution < -0.4 is 5.73 Å². The molecule has 1 fully saturated rings. The molecule has 1 aliphatic heterocycles. The summed E-state index contributed by atoms with van der Waals surface area (Å²) in [5.74, 6) is -0.366. The van der Waals surface area contributed by atoms with Crippen LogP contribution in [0.3, 0.4) is 0 Å². The third-order valence-electron chi connectivity index (χ3n) is 4.05. The Bertz CT molecular complexity index is 479. The molecule has 3 N–H and O–H groups in total. The summed E-state index contributed by atoms with van der Waals surface area (Å²) in [5.41, 5.74) is 6.48. The number of hydrogen-bond acceptors (Lipinski definition) is 3. The molecular formula is C15H23FN4. The number of piperidine rings is 1. The van der Waals surface area contributed by atoms with Crippen molar-refractivity contribution < 1.29 is 4.39 Å². The minimum Gasteiger partial charge on any atom is -0.384 e. The van der Waals surface area contributed by atoms with E-state index in [0.29, 0.717) is 23.7 Å². The van der Waals surface area contributed by atoms with Gasteiger partial charge in [-0.25, -0.2) is 4.39 Å². The quantitative estimate of drug-likeness (QED) is 0.650. The molecule has 20 heavy (non-hydrogen) atoms. The third-order valence-corrected chi connectivity index (χ3v) is 4.05. The second-order valence-electron chi connectivity index (χ2n) is 5.69. The first-order valence-corrected chi connectivity index (χ1v) is 6.99. The molecule has 0 unspecified atom stereocenters. The normalized spacial score (nSPS) is 17.6. The van der Waals surface area contributed by atoms with Crippen molar-refractivity contribution in [3.63, 3.8) is 0 Å². The second-order valence-corrected chi connectivity index (χ2v) is 5.69. The van der Waals surface area contributed by atoms with Crippen LogP contribution in [0.4, 0.5) is 4.39 Å². The van der Waals surface area contributed by atoms with Crippen LogP contribution >= 0.6 is 0 Å². The summed E-state index contributed by atoms with van der Waals surface area (Å²) in [6, 6.07) is 5.44. The van der Waals surface area contributed by atoms with Crippen molar-refractivity contribution in [2.24, 2.45) is 5.73 Å². The number of benzene rings is 1. The van der Waals surface area contributed by atoms with Gasteiger partial charge in [-0.05, 0) is 46.1 Å². The van der Waals surface area contributed by atoms with Gasteiger partial charge < -0.3 is 10.6 Å². The fourth-order valence-electron chi connectivity index (χ4n) is 2.68. The largest absolute Gasteiger partial charge is 0.384 e. The molecule has 0 aliphatic carbocycles. The standard InChI is InChI=1S/C15H23FN4/c1-19(2)13-5-7-20(8-6-13)10-12-4-3-11(15(17)18)9-14(12)16/h3-4,9,13H,5-8,10H2,1-2H3,(H3,17,18). The van der Waals surface area contributed by atoms with Crippen molar-refractivity contribution in [3.8, 4) is 0 Å². The zero-order valence-corrected chi connectivity index (χ0v) is 12.2. The summed E-state index contributed by atoms with van der Waals surface area (Å²) >= 11 is 0. The number of nitrogens with zero attached hydrogens (tertiary/aromatic N) is 2. The highest BCUT2D eigenvalue weighted by atomic mass is 19.1. The van der Waals surface area contributed by atoms with Gasteiger partial charge in [-0.2, -0.15) is 0 Å². The zero-order chi connectivity index (χ0) is 14.7. The Kier molecular flexibility index (Phi) is 4.73. The van der Waals surface area contributed by atoms with E-state index < -0.39 is 0 Å². The number of amidine groups is 1. The molecule has 4 nitrogen and oxygen atoms in total. The smallest absolute Gasteiger partial charge is 0.128 e. The molecule has 0 saturated carbocycles. The Morgan fingerprint density at radius 2 is 2.05 bits per heavy atom. The summed E-state index contributed by atoms with van der Waals surface area (Å²) in [7, 11) is 4.22. The van der Waals surface area contributed by atoms with E-state index in [1.54, 1.807) is 12.1 Å². The SMILES string of the molecule is CN(C)C1CCN(Cc2ccc(C(=N)N)cc2F)CC1. The monoisotopic (exact) mass is 278 g/mol. The third kappa shape index (κ3) is 3.55. The predicted molar refractivity (Wildman–Crippen MR) is 79.4 cm³/mol.